The third kappa shape index (κ3) is 2.29. The molecule has 14 heavy (non-hydrogen) atoms. The molecule has 1 rings (SSSR count). The predicted octanol–water partition coefficient (Wildman–Crippen LogP) is 1.62. The van der Waals surface area contributed by atoms with E-state index in [2.05, 4.69) is 5.32 Å². The van der Waals surface area contributed by atoms with Crippen molar-refractivity contribution in [3.63, 3.8) is 0 Å². The largest absolute Gasteiger partial charge is 0.386 e. The lowest BCUT2D eigenvalue weighted by molar-refractivity contribution is -0.105. The second kappa shape index (κ2) is 3.75. The Labute approximate surface area is 81.6 Å². The Morgan fingerprint density at radius 2 is 2.14 bits per heavy atom. The number of hydrogen-bond donors (Lipinski definition) is 2. The van der Waals surface area contributed by atoms with Crippen LogP contribution < -0.4 is 5.32 Å². The average Bonchev–Trinajstić information content (AvgIpc) is 2.07. The Morgan fingerprint density at radius 3 is 2.64 bits per heavy atom. The van der Waals surface area contributed by atoms with Gasteiger partial charge in [-0.3, -0.25) is 4.79 Å². The fraction of sp³-hybridized carbons (Fsp3) is 0.300. The van der Waals surface area contributed by atoms with E-state index in [0.717, 1.165) is 0 Å². The molecule has 0 atom stereocenters. The Morgan fingerprint density at radius 1 is 1.50 bits per heavy atom. The lowest BCUT2D eigenvalue weighted by Crippen LogP contribution is -2.18. The van der Waals surface area contributed by atoms with Gasteiger partial charge >= 0.3 is 0 Å². The molecule has 0 bridgehead atoms. The zero-order chi connectivity index (χ0) is 10.8. The molecule has 0 aliphatic carbocycles. The first kappa shape index (κ1) is 10.7. The number of rotatable bonds is 3. The molecule has 3 nitrogen and oxygen atoms in total. The van der Waals surface area contributed by atoms with E-state index in [1.807, 2.05) is 0 Å². The quantitative estimate of drug-likeness (QED) is 0.723. The first-order chi connectivity index (χ1) is 6.45. The molecule has 0 aromatic heterocycles. The highest BCUT2D eigenvalue weighted by Crippen LogP contribution is 2.27. The van der Waals surface area contributed by atoms with Gasteiger partial charge in [0.15, 0.2) is 0 Å². The summed E-state index contributed by atoms with van der Waals surface area (Å²) in [6.07, 6.45) is 0.489. The van der Waals surface area contributed by atoms with E-state index in [1.165, 1.54) is 32.0 Å². The van der Waals surface area contributed by atoms with E-state index in [4.69, 9.17) is 0 Å². The number of carbonyl (C=O) groups is 1. The molecule has 0 saturated heterocycles. The van der Waals surface area contributed by atoms with Gasteiger partial charge in [0, 0.05) is 11.3 Å². The number of carbonyl (C=O) groups excluding carboxylic acids is 1. The summed E-state index contributed by atoms with van der Waals surface area (Å²) in [7, 11) is 0. The Hall–Kier alpha value is -1.42. The normalized spacial score (nSPS) is 11.1. The van der Waals surface area contributed by atoms with Gasteiger partial charge in [-0.1, -0.05) is 0 Å². The first-order valence-corrected chi connectivity index (χ1v) is 4.18. The minimum atomic E-state index is -1.19. The Balaban J connectivity index is 3.22. The molecular weight excluding hydrogens is 185 g/mol. The molecule has 0 aliphatic heterocycles. The number of nitrogens with one attached hydrogen (secondary N) is 1. The van der Waals surface area contributed by atoms with Gasteiger partial charge in [-0.2, -0.15) is 0 Å². The van der Waals surface area contributed by atoms with Gasteiger partial charge in [-0.05, 0) is 32.0 Å². The lowest BCUT2D eigenvalue weighted by Gasteiger charge is -2.20. The summed E-state index contributed by atoms with van der Waals surface area (Å²) in [5.74, 6) is -0.446. The van der Waals surface area contributed by atoms with Crippen LogP contribution in [0, 0.1) is 5.82 Å². The summed E-state index contributed by atoms with van der Waals surface area (Å²) in [5.41, 5.74) is -0.425. The van der Waals surface area contributed by atoms with Crippen LogP contribution in [0.3, 0.4) is 0 Å². The second-order valence-electron chi connectivity index (χ2n) is 3.51. The molecule has 0 fully saturated rings. The number of anilines is 1. The molecular formula is C10H12FNO2. The van der Waals surface area contributed by atoms with E-state index in [-0.39, 0.29) is 0 Å². The summed E-state index contributed by atoms with van der Waals surface area (Å²) in [6.45, 7) is 3.05. The highest BCUT2D eigenvalue weighted by molar-refractivity contribution is 5.73. The molecule has 0 saturated carbocycles. The fourth-order valence-electron chi connectivity index (χ4n) is 1.21. The van der Waals surface area contributed by atoms with Gasteiger partial charge in [0.05, 0.1) is 5.60 Å². The van der Waals surface area contributed by atoms with E-state index >= 15 is 0 Å². The molecule has 0 radical (unpaired) electrons. The van der Waals surface area contributed by atoms with Gasteiger partial charge in [0.1, 0.15) is 5.82 Å². The molecule has 76 valence electrons. The van der Waals surface area contributed by atoms with Gasteiger partial charge in [0.2, 0.25) is 6.41 Å². The van der Waals surface area contributed by atoms with Crippen molar-refractivity contribution in [2.75, 3.05) is 5.32 Å². The van der Waals surface area contributed by atoms with E-state index < -0.39 is 11.4 Å². The molecule has 0 aliphatic rings. The lowest BCUT2D eigenvalue weighted by atomic mass is 9.96. The highest BCUT2D eigenvalue weighted by atomic mass is 19.1. The van der Waals surface area contributed by atoms with E-state index in [0.29, 0.717) is 17.7 Å². The SMILES string of the molecule is CC(C)(O)c1cc(F)ccc1NC=O. The van der Waals surface area contributed by atoms with Crippen molar-refractivity contribution in [3.8, 4) is 0 Å². The maximum absolute atomic E-state index is 12.9. The number of aliphatic hydroxyl groups is 1. The Bertz CT molecular complexity index is 344. The third-order valence-corrected chi connectivity index (χ3v) is 1.86. The molecule has 1 amide bonds. The third-order valence-electron chi connectivity index (χ3n) is 1.86. The van der Waals surface area contributed by atoms with E-state index in [9.17, 15) is 14.3 Å². The van der Waals surface area contributed by atoms with Crippen LogP contribution in [0.1, 0.15) is 19.4 Å². The van der Waals surface area contributed by atoms with Crippen molar-refractivity contribution in [2.45, 2.75) is 19.4 Å². The minimum absolute atomic E-state index is 0.351. The maximum Gasteiger partial charge on any atom is 0.211 e. The number of hydrogen-bond acceptors (Lipinski definition) is 2. The van der Waals surface area contributed by atoms with Crippen LogP contribution in [0.25, 0.3) is 0 Å². The standard InChI is InChI=1S/C10H12FNO2/c1-10(2,14)8-5-7(11)3-4-9(8)12-6-13/h3-6,14H,1-2H3,(H,12,13). The van der Waals surface area contributed by atoms with Crippen molar-refractivity contribution < 1.29 is 14.3 Å². The van der Waals surface area contributed by atoms with Crippen molar-refractivity contribution in [1.82, 2.24) is 0 Å². The molecule has 0 heterocycles. The first-order valence-electron chi connectivity index (χ1n) is 4.18. The van der Waals surface area contributed by atoms with Crippen LogP contribution in [0.15, 0.2) is 18.2 Å². The highest BCUT2D eigenvalue weighted by Gasteiger charge is 2.20. The van der Waals surface area contributed by atoms with Gasteiger partial charge < -0.3 is 10.4 Å². The minimum Gasteiger partial charge on any atom is -0.386 e. The molecule has 1 aromatic carbocycles. The molecule has 2 N–H and O–H groups in total. The van der Waals surface area contributed by atoms with Crippen LogP contribution in [0.2, 0.25) is 0 Å². The topological polar surface area (TPSA) is 49.3 Å². The van der Waals surface area contributed by atoms with Crippen LogP contribution >= 0.6 is 0 Å². The predicted molar refractivity (Wildman–Crippen MR) is 51.3 cm³/mol. The van der Waals surface area contributed by atoms with Gasteiger partial charge in [0.25, 0.3) is 0 Å². The zero-order valence-corrected chi connectivity index (χ0v) is 8.04. The second-order valence-corrected chi connectivity index (χ2v) is 3.51. The van der Waals surface area contributed by atoms with Crippen molar-refractivity contribution >= 4 is 12.1 Å². The summed E-state index contributed by atoms with van der Waals surface area (Å²) in [5, 5.41) is 12.1. The van der Waals surface area contributed by atoms with Crippen LogP contribution in [0.5, 0.6) is 0 Å². The number of benzene rings is 1. The molecule has 0 spiro atoms. The van der Waals surface area contributed by atoms with Crippen LogP contribution in [-0.2, 0) is 10.4 Å². The van der Waals surface area contributed by atoms with Crippen molar-refractivity contribution in [2.24, 2.45) is 0 Å². The summed E-state index contributed by atoms with van der Waals surface area (Å²) in [4.78, 5) is 10.3. The average molecular weight is 197 g/mol. The number of amides is 1. The summed E-state index contributed by atoms with van der Waals surface area (Å²) in [6, 6.07) is 3.84. The molecule has 1 aromatic rings. The molecule has 0 unspecified atom stereocenters. The smallest absolute Gasteiger partial charge is 0.211 e. The van der Waals surface area contributed by atoms with Crippen LogP contribution in [0.4, 0.5) is 10.1 Å². The fourth-order valence-corrected chi connectivity index (χ4v) is 1.21. The Kier molecular flexibility index (Phi) is 2.86. The van der Waals surface area contributed by atoms with Crippen LogP contribution in [-0.4, -0.2) is 11.5 Å². The van der Waals surface area contributed by atoms with Crippen molar-refractivity contribution in [1.29, 1.82) is 0 Å². The maximum atomic E-state index is 12.9. The number of halogens is 1. The van der Waals surface area contributed by atoms with Gasteiger partial charge in [-0.25, -0.2) is 4.39 Å². The molecule has 4 heteroatoms. The summed E-state index contributed by atoms with van der Waals surface area (Å²) < 4.78 is 12.9. The zero-order valence-electron chi connectivity index (χ0n) is 8.04. The van der Waals surface area contributed by atoms with E-state index in [1.54, 1.807) is 0 Å². The van der Waals surface area contributed by atoms with Crippen molar-refractivity contribution in [3.05, 3.63) is 29.6 Å². The van der Waals surface area contributed by atoms with Gasteiger partial charge in [-0.15, -0.1) is 0 Å². The summed E-state index contributed by atoms with van der Waals surface area (Å²) >= 11 is 0. The monoisotopic (exact) mass is 197 g/mol.